The SMILES string of the molecule is CCCNC(=O)CCNC(=NC)NCc1ccccc1OC(F)(F)F.I. The van der Waals surface area contributed by atoms with E-state index >= 15 is 0 Å². The lowest BCUT2D eigenvalue weighted by Gasteiger charge is -2.15. The third-order valence-electron chi connectivity index (χ3n) is 3.08. The van der Waals surface area contributed by atoms with Gasteiger partial charge in [0.15, 0.2) is 5.96 Å². The van der Waals surface area contributed by atoms with Crippen molar-refractivity contribution in [2.45, 2.75) is 32.7 Å². The molecule has 148 valence electrons. The topological polar surface area (TPSA) is 74.8 Å². The minimum absolute atomic E-state index is 0. The molecule has 0 fully saturated rings. The molecule has 6 nitrogen and oxygen atoms in total. The van der Waals surface area contributed by atoms with E-state index in [1.165, 1.54) is 25.2 Å². The molecule has 0 radical (unpaired) electrons. The summed E-state index contributed by atoms with van der Waals surface area (Å²) < 4.78 is 41.2. The third-order valence-corrected chi connectivity index (χ3v) is 3.08. The molecule has 1 aromatic carbocycles. The summed E-state index contributed by atoms with van der Waals surface area (Å²) in [6.07, 6.45) is -3.61. The molecule has 1 amide bonds. The molecule has 0 aliphatic heterocycles. The number of nitrogens with one attached hydrogen (secondary N) is 3. The van der Waals surface area contributed by atoms with Crippen molar-refractivity contribution < 1.29 is 22.7 Å². The molecule has 0 unspecified atom stereocenters. The van der Waals surface area contributed by atoms with Gasteiger partial charge >= 0.3 is 6.36 Å². The normalized spacial score (nSPS) is 11.3. The second kappa shape index (κ2) is 12.6. The Bertz CT molecular complexity index is 583. The van der Waals surface area contributed by atoms with Crippen LogP contribution in [0.25, 0.3) is 0 Å². The number of para-hydroxylation sites is 1. The number of hydrogen-bond donors (Lipinski definition) is 3. The molecule has 3 N–H and O–H groups in total. The minimum Gasteiger partial charge on any atom is -0.405 e. The highest BCUT2D eigenvalue weighted by Gasteiger charge is 2.31. The molecule has 0 aromatic heterocycles. The van der Waals surface area contributed by atoms with Gasteiger partial charge in [-0.05, 0) is 12.5 Å². The fourth-order valence-electron chi connectivity index (χ4n) is 1.92. The van der Waals surface area contributed by atoms with Gasteiger partial charge in [-0.25, -0.2) is 0 Å². The van der Waals surface area contributed by atoms with Gasteiger partial charge in [0.2, 0.25) is 5.91 Å². The van der Waals surface area contributed by atoms with E-state index in [0.717, 1.165) is 6.42 Å². The van der Waals surface area contributed by atoms with Crippen molar-refractivity contribution in [3.05, 3.63) is 29.8 Å². The van der Waals surface area contributed by atoms with E-state index < -0.39 is 6.36 Å². The number of alkyl halides is 3. The third kappa shape index (κ3) is 10.3. The molecule has 0 saturated heterocycles. The molecule has 0 heterocycles. The zero-order chi connectivity index (χ0) is 18.7. The Morgan fingerprint density at radius 3 is 2.46 bits per heavy atom. The molecule has 1 aromatic rings. The lowest BCUT2D eigenvalue weighted by Crippen LogP contribution is -2.39. The van der Waals surface area contributed by atoms with Crippen LogP contribution >= 0.6 is 24.0 Å². The molecule has 0 spiro atoms. The van der Waals surface area contributed by atoms with Crippen molar-refractivity contribution in [2.75, 3.05) is 20.1 Å². The van der Waals surface area contributed by atoms with Crippen LogP contribution in [0.3, 0.4) is 0 Å². The predicted octanol–water partition coefficient (Wildman–Crippen LogP) is 2.78. The first-order chi connectivity index (χ1) is 11.9. The molecule has 0 bridgehead atoms. The van der Waals surface area contributed by atoms with Gasteiger partial charge in [0.25, 0.3) is 0 Å². The quantitative estimate of drug-likeness (QED) is 0.299. The Balaban J connectivity index is 0.00000625. The summed E-state index contributed by atoms with van der Waals surface area (Å²) in [6, 6.07) is 5.86. The van der Waals surface area contributed by atoms with Crippen LogP contribution in [0.5, 0.6) is 5.75 Å². The molecule has 0 aliphatic carbocycles. The van der Waals surface area contributed by atoms with Crippen LogP contribution in [0.1, 0.15) is 25.3 Å². The van der Waals surface area contributed by atoms with Crippen molar-refractivity contribution in [1.82, 2.24) is 16.0 Å². The lowest BCUT2D eigenvalue weighted by molar-refractivity contribution is -0.274. The molecule has 0 aliphatic rings. The highest BCUT2D eigenvalue weighted by molar-refractivity contribution is 14.0. The van der Waals surface area contributed by atoms with Gasteiger partial charge in [-0.15, -0.1) is 37.1 Å². The number of carbonyl (C=O) groups is 1. The van der Waals surface area contributed by atoms with Crippen molar-refractivity contribution >= 4 is 35.8 Å². The van der Waals surface area contributed by atoms with Crippen LogP contribution in [0.4, 0.5) is 13.2 Å². The van der Waals surface area contributed by atoms with Crippen LogP contribution < -0.4 is 20.7 Å². The number of carbonyl (C=O) groups excluding carboxylic acids is 1. The van der Waals surface area contributed by atoms with Crippen molar-refractivity contribution in [3.63, 3.8) is 0 Å². The van der Waals surface area contributed by atoms with Gasteiger partial charge in [0, 0.05) is 38.7 Å². The zero-order valence-corrected chi connectivity index (χ0v) is 17.0. The van der Waals surface area contributed by atoms with Crippen LogP contribution in [0.15, 0.2) is 29.3 Å². The lowest BCUT2D eigenvalue weighted by atomic mass is 10.2. The largest absolute Gasteiger partial charge is 0.573 e. The summed E-state index contributed by atoms with van der Waals surface area (Å²) >= 11 is 0. The molecular formula is C16H24F3IN4O2. The number of nitrogens with zero attached hydrogens (tertiary/aromatic N) is 1. The second-order valence-corrected chi connectivity index (χ2v) is 5.11. The zero-order valence-electron chi connectivity index (χ0n) is 14.7. The van der Waals surface area contributed by atoms with E-state index in [0.29, 0.717) is 24.6 Å². The summed E-state index contributed by atoms with van der Waals surface area (Å²) in [4.78, 5) is 15.5. The Morgan fingerprint density at radius 1 is 1.15 bits per heavy atom. The Kier molecular flexibility index (Phi) is 11.8. The summed E-state index contributed by atoms with van der Waals surface area (Å²) in [5, 5.41) is 8.57. The number of benzene rings is 1. The summed E-state index contributed by atoms with van der Waals surface area (Å²) in [7, 11) is 1.53. The minimum atomic E-state index is -4.75. The number of ether oxygens (including phenoxy) is 1. The highest BCUT2D eigenvalue weighted by Crippen LogP contribution is 2.25. The molecular weight excluding hydrogens is 464 g/mol. The number of guanidine groups is 1. The summed E-state index contributed by atoms with van der Waals surface area (Å²) in [6.45, 7) is 3.04. The first-order valence-electron chi connectivity index (χ1n) is 7.90. The van der Waals surface area contributed by atoms with Crippen LogP contribution in [-0.2, 0) is 11.3 Å². The number of halogens is 4. The van der Waals surface area contributed by atoms with Crippen LogP contribution in [0, 0.1) is 0 Å². The van der Waals surface area contributed by atoms with Crippen molar-refractivity contribution in [1.29, 1.82) is 0 Å². The van der Waals surface area contributed by atoms with Gasteiger partial charge in [-0.2, -0.15) is 0 Å². The summed E-state index contributed by atoms with van der Waals surface area (Å²) in [5.41, 5.74) is 0.337. The standard InChI is InChI=1S/C16H23F3N4O2.HI/c1-3-9-21-14(24)8-10-22-15(20-2)23-11-12-6-4-5-7-13(12)25-16(17,18)19;/h4-7H,3,8-11H2,1-2H3,(H,21,24)(H2,20,22,23);1H. The maximum absolute atomic E-state index is 12.4. The van der Waals surface area contributed by atoms with Gasteiger partial charge in [-0.1, -0.05) is 25.1 Å². The Hall–Kier alpha value is -1.72. The molecule has 0 saturated carbocycles. The van der Waals surface area contributed by atoms with E-state index in [2.05, 4.69) is 25.7 Å². The van der Waals surface area contributed by atoms with Crippen molar-refractivity contribution in [3.8, 4) is 5.75 Å². The Labute approximate surface area is 168 Å². The van der Waals surface area contributed by atoms with Gasteiger partial charge in [-0.3, -0.25) is 9.79 Å². The van der Waals surface area contributed by atoms with E-state index in [1.54, 1.807) is 6.07 Å². The second-order valence-electron chi connectivity index (χ2n) is 5.11. The highest BCUT2D eigenvalue weighted by atomic mass is 127. The number of hydrogen-bond acceptors (Lipinski definition) is 3. The average molecular weight is 488 g/mol. The monoisotopic (exact) mass is 488 g/mol. The fraction of sp³-hybridized carbons (Fsp3) is 0.500. The van der Waals surface area contributed by atoms with Crippen LogP contribution in [0.2, 0.25) is 0 Å². The van der Waals surface area contributed by atoms with E-state index in [-0.39, 0.29) is 48.6 Å². The van der Waals surface area contributed by atoms with Crippen molar-refractivity contribution in [2.24, 2.45) is 4.99 Å². The first-order valence-corrected chi connectivity index (χ1v) is 7.90. The van der Waals surface area contributed by atoms with E-state index in [4.69, 9.17) is 0 Å². The number of rotatable bonds is 8. The molecule has 0 atom stereocenters. The summed E-state index contributed by atoms with van der Waals surface area (Å²) in [5.74, 6) is 0.0377. The van der Waals surface area contributed by atoms with E-state index in [1.807, 2.05) is 6.92 Å². The smallest absolute Gasteiger partial charge is 0.405 e. The molecule has 10 heteroatoms. The maximum Gasteiger partial charge on any atom is 0.573 e. The molecule has 1 rings (SSSR count). The fourth-order valence-corrected chi connectivity index (χ4v) is 1.92. The Morgan fingerprint density at radius 2 is 1.85 bits per heavy atom. The average Bonchev–Trinajstić information content (AvgIpc) is 2.55. The molecule has 26 heavy (non-hydrogen) atoms. The first kappa shape index (κ1) is 24.3. The predicted molar refractivity (Wildman–Crippen MR) is 105 cm³/mol. The van der Waals surface area contributed by atoms with Crippen LogP contribution in [-0.4, -0.2) is 38.4 Å². The van der Waals surface area contributed by atoms with Gasteiger partial charge < -0.3 is 20.7 Å². The maximum atomic E-state index is 12.4. The number of amides is 1. The van der Waals surface area contributed by atoms with E-state index in [9.17, 15) is 18.0 Å². The van der Waals surface area contributed by atoms with Gasteiger partial charge in [0.05, 0.1) is 0 Å². The van der Waals surface area contributed by atoms with Gasteiger partial charge in [0.1, 0.15) is 5.75 Å². The number of aliphatic imine (C=N–C) groups is 1.